The number of carbonyl (C=O) groups excluding carboxylic acids is 1. The van der Waals surface area contributed by atoms with E-state index in [9.17, 15) is 4.79 Å². The number of hydrogen-bond donors (Lipinski definition) is 2. The monoisotopic (exact) mass is 426 g/mol. The Labute approximate surface area is 181 Å². The molecule has 1 amide bonds. The highest BCUT2D eigenvalue weighted by Crippen LogP contribution is 2.29. The summed E-state index contributed by atoms with van der Waals surface area (Å²) in [6.45, 7) is 10.9. The van der Waals surface area contributed by atoms with Gasteiger partial charge in [0, 0.05) is 55.5 Å². The fourth-order valence-electron chi connectivity index (χ4n) is 3.93. The number of halogens is 1. The topological polar surface area (TPSA) is 78.9 Å². The number of amides is 1. The zero-order valence-corrected chi connectivity index (χ0v) is 18.3. The number of anilines is 3. The van der Waals surface area contributed by atoms with Gasteiger partial charge in [0.1, 0.15) is 10.7 Å². The predicted octanol–water partition coefficient (Wildman–Crippen LogP) is 3.75. The molecule has 7 nitrogen and oxygen atoms in total. The first-order chi connectivity index (χ1) is 14.2. The number of primary amides is 1. The van der Waals surface area contributed by atoms with Gasteiger partial charge in [0.25, 0.3) is 5.91 Å². The lowest BCUT2D eigenvalue weighted by molar-refractivity contribution is 0.100. The normalized spacial score (nSPS) is 15.5. The van der Waals surface area contributed by atoms with Crippen molar-refractivity contribution >= 4 is 40.2 Å². The van der Waals surface area contributed by atoms with Crippen molar-refractivity contribution in [2.45, 2.75) is 26.3 Å². The summed E-state index contributed by atoms with van der Waals surface area (Å²) in [6.07, 6.45) is 3.29. The molecule has 0 bridgehead atoms. The summed E-state index contributed by atoms with van der Waals surface area (Å²) in [5, 5.41) is 3.72. The van der Waals surface area contributed by atoms with Crippen LogP contribution in [0.5, 0.6) is 0 Å². The highest BCUT2D eigenvalue weighted by atomic mass is 35.5. The molecule has 1 aliphatic heterocycles. The molecule has 3 aromatic rings. The number of fused-ring (bicyclic) bond motifs is 1. The second-order valence-electron chi connectivity index (χ2n) is 8.56. The molecule has 3 heterocycles. The molecule has 4 rings (SSSR count). The molecule has 158 valence electrons. The third-order valence-electron chi connectivity index (χ3n) is 5.61. The van der Waals surface area contributed by atoms with Gasteiger partial charge in [0.05, 0.1) is 5.69 Å². The lowest BCUT2D eigenvalue weighted by Gasteiger charge is -2.43. The van der Waals surface area contributed by atoms with E-state index < -0.39 is 5.91 Å². The minimum absolute atomic E-state index is 0.204. The molecule has 0 unspecified atom stereocenters. The Morgan fingerprint density at radius 1 is 1.13 bits per heavy atom. The van der Waals surface area contributed by atoms with Crippen LogP contribution < -0.4 is 16.0 Å². The molecule has 0 saturated carbocycles. The van der Waals surface area contributed by atoms with Gasteiger partial charge in [0.15, 0.2) is 5.65 Å². The van der Waals surface area contributed by atoms with Crippen LogP contribution in [-0.4, -0.2) is 51.9 Å². The standard InChI is InChI=1S/C22H27ClN6O/c1-22(2,3)28-12-10-27(11-13-28)16-6-4-15(5-7-16)26-17-14-18(23)29-9-8-25-21(29)19(17)20(24)30/h4-9,14,26H,10-13H2,1-3H3,(H2,24,30). The van der Waals surface area contributed by atoms with Crippen molar-refractivity contribution in [1.82, 2.24) is 14.3 Å². The van der Waals surface area contributed by atoms with Gasteiger partial charge in [-0.15, -0.1) is 0 Å². The van der Waals surface area contributed by atoms with E-state index in [2.05, 4.69) is 53.0 Å². The lowest BCUT2D eigenvalue weighted by Crippen LogP contribution is -2.53. The molecule has 0 aliphatic carbocycles. The van der Waals surface area contributed by atoms with Crippen LogP contribution in [0.3, 0.4) is 0 Å². The molecule has 1 saturated heterocycles. The van der Waals surface area contributed by atoms with E-state index in [4.69, 9.17) is 17.3 Å². The molecule has 8 heteroatoms. The maximum Gasteiger partial charge on any atom is 0.254 e. The van der Waals surface area contributed by atoms with Gasteiger partial charge in [-0.25, -0.2) is 4.98 Å². The molecule has 3 N–H and O–H groups in total. The van der Waals surface area contributed by atoms with Crippen LogP contribution in [0.2, 0.25) is 5.15 Å². The van der Waals surface area contributed by atoms with Crippen LogP contribution in [0.1, 0.15) is 31.1 Å². The molecule has 1 fully saturated rings. The van der Waals surface area contributed by atoms with Crippen molar-refractivity contribution in [2.24, 2.45) is 5.73 Å². The smallest absolute Gasteiger partial charge is 0.254 e. The van der Waals surface area contributed by atoms with Gasteiger partial charge >= 0.3 is 0 Å². The molecular weight excluding hydrogens is 400 g/mol. The van der Waals surface area contributed by atoms with Crippen molar-refractivity contribution in [3.05, 3.63) is 53.4 Å². The van der Waals surface area contributed by atoms with Crippen LogP contribution >= 0.6 is 11.6 Å². The van der Waals surface area contributed by atoms with Crippen molar-refractivity contribution < 1.29 is 4.79 Å². The number of piperazine rings is 1. The molecule has 1 aliphatic rings. The highest BCUT2D eigenvalue weighted by Gasteiger charge is 2.26. The van der Waals surface area contributed by atoms with E-state index >= 15 is 0 Å². The average molecular weight is 427 g/mol. The zero-order chi connectivity index (χ0) is 21.5. The number of rotatable bonds is 4. The second-order valence-corrected chi connectivity index (χ2v) is 8.94. The molecule has 30 heavy (non-hydrogen) atoms. The van der Waals surface area contributed by atoms with E-state index in [1.54, 1.807) is 22.9 Å². The SMILES string of the molecule is CC(C)(C)N1CCN(c2ccc(Nc3cc(Cl)n4ccnc4c3C(N)=O)cc2)CC1. The Bertz CT molecular complexity index is 1060. The molecule has 0 radical (unpaired) electrons. The Morgan fingerprint density at radius 3 is 2.40 bits per heavy atom. The number of pyridine rings is 1. The first-order valence-electron chi connectivity index (χ1n) is 10.1. The largest absolute Gasteiger partial charge is 0.369 e. The molecule has 2 aromatic heterocycles. The predicted molar refractivity (Wildman–Crippen MR) is 122 cm³/mol. The number of nitrogens with two attached hydrogens (primary N) is 1. The summed E-state index contributed by atoms with van der Waals surface area (Å²) in [6, 6.07) is 9.87. The Morgan fingerprint density at radius 2 is 1.80 bits per heavy atom. The van der Waals surface area contributed by atoms with Crippen LogP contribution in [0.25, 0.3) is 5.65 Å². The maximum atomic E-state index is 12.1. The number of aromatic nitrogens is 2. The summed E-state index contributed by atoms with van der Waals surface area (Å²) in [5.74, 6) is -0.557. The minimum Gasteiger partial charge on any atom is -0.369 e. The first-order valence-corrected chi connectivity index (χ1v) is 10.4. The van der Waals surface area contributed by atoms with E-state index in [1.165, 1.54) is 5.69 Å². The summed E-state index contributed by atoms with van der Waals surface area (Å²) in [5.41, 5.74) is 9.15. The number of benzene rings is 1. The molecule has 1 aromatic carbocycles. The van der Waals surface area contributed by atoms with Crippen LogP contribution in [-0.2, 0) is 0 Å². The number of imidazole rings is 1. The Balaban J connectivity index is 1.52. The van der Waals surface area contributed by atoms with Gasteiger partial charge < -0.3 is 16.0 Å². The summed E-state index contributed by atoms with van der Waals surface area (Å²) < 4.78 is 1.63. The Hall–Kier alpha value is -2.77. The van der Waals surface area contributed by atoms with E-state index in [-0.39, 0.29) is 5.54 Å². The van der Waals surface area contributed by atoms with Gasteiger partial charge in [-0.1, -0.05) is 11.6 Å². The summed E-state index contributed by atoms with van der Waals surface area (Å²) in [7, 11) is 0. The van der Waals surface area contributed by atoms with Gasteiger partial charge in [-0.05, 0) is 51.1 Å². The second kappa shape index (κ2) is 7.81. The fraction of sp³-hybridized carbons (Fsp3) is 0.364. The van der Waals surface area contributed by atoms with Gasteiger partial charge in [0.2, 0.25) is 0 Å². The quantitative estimate of drug-likeness (QED) is 0.621. The van der Waals surface area contributed by atoms with Crippen molar-refractivity contribution in [3.63, 3.8) is 0 Å². The van der Waals surface area contributed by atoms with Crippen molar-refractivity contribution in [3.8, 4) is 0 Å². The number of carbonyl (C=O) groups is 1. The van der Waals surface area contributed by atoms with Crippen LogP contribution in [0.15, 0.2) is 42.7 Å². The molecule has 0 spiro atoms. The van der Waals surface area contributed by atoms with Crippen LogP contribution in [0, 0.1) is 0 Å². The molecular formula is C22H27ClN6O. The van der Waals surface area contributed by atoms with Crippen LogP contribution in [0.4, 0.5) is 17.1 Å². The van der Waals surface area contributed by atoms with Gasteiger partial charge in [-0.2, -0.15) is 0 Å². The lowest BCUT2D eigenvalue weighted by atomic mass is 10.0. The number of nitrogens with one attached hydrogen (secondary N) is 1. The Kier molecular flexibility index (Phi) is 5.34. The van der Waals surface area contributed by atoms with Gasteiger partial charge in [-0.3, -0.25) is 14.1 Å². The zero-order valence-electron chi connectivity index (χ0n) is 17.5. The first kappa shape index (κ1) is 20.5. The van der Waals surface area contributed by atoms with E-state index in [1.807, 2.05) is 12.1 Å². The summed E-state index contributed by atoms with van der Waals surface area (Å²) >= 11 is 6.34. The fourth-order valence-corrected chi connectivity index (χ4v) is 4.18. The van der Waals surface area contributed by atoms with E-state index in [0.717, 1.165) is 31.9 Å². The summed E-state index contributed by atoms with van der Waals surface area (Å²) in [4.78, 5) is 21.2. The average Bonchev–Trinajstić information content (AvgIpc) is 3.18. The van der Waals surface area contributed by atoms with E-state index in [0.29, 0.717) is 22.1 Å². The minimum atomic E-state index is -0.557. The molecule has 0 atom stereocenters. The number of hydrogen-bond acceptors (Lipinski definition) is 5. The van der Waals surface area contributed by atoms with Crippen molar-refractivity contribution in [1.29, 1.82) is 0 Å². The van der Waals surface area contributed by atoms with Crippen molar-refractivity contribution in [2.75, 3.05) is 36.4 Å². The third-order valence-corrected chi connectivity index (χ3v) is 5.90. The maximum absolute atomic E-state index is 12.1. The third kappa shape index (κ3) is 3.95. The highest BCUT2D eigenvalue weighted by molar-refractivity contribution is 6.30. The number of nitrogens with zero attached hydrogens (tertiary/aromatic N) is 4.